The van der Waals surface area contributed by atoms with Crippen molar-refractivity contribution in [1.82, 2.24) is 19.9 Å². The Labute approximate surface area is 395 Å². The zero-order valence-electron chi connectivity index (χ0n) is 36.3. The Hall–Kier alpha value is -8.44. The van der Waals surface area contributed by atoms with Gasteiger partial charge in [-0.1, -0.05) is 146 Å². The van der Waals surface area contributed by atoms with E-state index in [1.165, 1.54) is 18.3 Å². The highest BCUT2D eigenvalue weighted by atomic mass is 32.2. The van der Waals surface area contributed by atoms with E-state index in [4.69, 9.17) is 26.5 Å². The monoisotopic (exact) mass is 940 g/mol. The van der Waals surface area contributed by atoms with Crippen LogP contribution in [-0.4, -0.2) is 51.0 Å². The Morgan fingerprint density at radius 1 is 0.478 bits per heavy atom. The van der Waals surface area contributed by atoms with E-state index in [-0.39, 0.29) is 11.3 Å². The maximum absolute atomic E-state index is 12.9. The zero-order chi connectivity index (χ0) is 48.5. The molecule has 0 aliphatic heterocycles. The lowest BCUT2D eigenvalue weighted by Gasteiger charge is -2.13. The second kappa shape index (κ2) is 20.6. The number of nitrogens with two attached hydrogens (primary N) is 2. The summed E-state index contributed by atoms with van der Waals surface area (Å²) < 4.78 is 66.7. The Kier molecular flexibility index (Phi) is 14.1. The van der Waals surface area contributed by atoms with E-state index in [1.54, 1.807) is 84.9 Å². The third kappa shape index (κ3) is 11.4. The first-order chi connectivity index (χ1) is 33.2. The van der Waals surface area contributed by atoms with Crippen LogP contribution in [0.3, 0.4) is 0 Å². The van der Waals surface area contributed by atoms with E-state index in [1.807, 2.05) is 60.8 Å². The van der Waals surface area contributed by atoms with Crippen molar-refractivity contribution >= 4 is 55.9 Å². The van der Waals surface area contributed by atoms with Crippen molar-refractivity contribution in [3.63, 3.8) is 0 Å². The first kappa shape index (κ1) is 47.1. The minimum absolute atomic E-state index is 0.0450. The molecule has 0 aliphatic rings. The second-order valence-corrected chi connectivity index (χ2v) is 16.9. The zero-order valence-corrected chi connectivity index (χ0v) is 37.1. The SMILES string of the molecule is Nc1cccc(-c2cc(-c3ccccc3)cc3cnc(-c4ccccc4)nc23)c1.Nc1cccc(B(O)O)c1.O=S(=O)(Oc1cc(-c2ccccc2)cc2cnc(-c3ccccc3)nc12)C(F)(F)F. The topological polar surface area (TPSA) is 187 Å². The maximum Gasteiger partial charge on any atom is 0.534 e. The van der Waals surface area contributed by atoms with Crippen molar-refractivity contribution in [3.05, 3.63) is 207 Å². The van der Waals surface area contributed by atoms with Gasteiger partial charge in [0.05, 0.1) is 5.52 Å². The number of anilines is 2. The van der Waals surface area contributed by atoms with Crippen molar-refractivity contribution in [2.45, 2.75) is 5.51 Å². The summed E-state index contributed by atoms with van der Waals surface area (Å²) in [5, 5.41) is 18.6. The van der Waals surface area contributed by atoms with E-state index in [0.29, 0.717) is 33.2 Å². The predicted octanol–water partition coefficient (Wildman–Crippen LogP) is 10.4. The number of benzene rings is 8. The van der Waals surface area contributed by atoms with Crippen molar-refractivity contribution in [2.75, 3.05) is 11.5 Å². The third-order valence-electron chi connectivity index (χ3n) is 10.5. The molecular weight excluding hydrogens is 900 g/mol. The number of halogens is 3. The van der Waals surface area contributed by atoms with Gasteiger partial charge in [0.25, 0.3) is 0 Å². The van der Waals surface area contributed by atoms with Crippen LogP contribution in [0, 0.1) is 0 Å². The number of hydrogen-bond donors (Lipinski definition) is 4. The number of rotatable bonds is 8. The van der Waals surface area contributed by atoms with Crippen LogP contribution in [0.2, 0.25) is 0 Å². The summed E-state index contributed by atoms with van der Waals surface area (Å²) in [6.07, 6.45) is 3.33. The molecule has 11 nitrogen and oxygen atoms in total. The molecule has 0 atom stereocenters. The summed E-state index contributed by atoms with van der Waals surface area (Å²) >= 11 is 0. The first-order valence-electron chi connectivity index (χ1n) is 21.1. The molecule has 0 unspecified atom stereocenters. The molecule has 69 heavy (non-hydrogen) atoms. The lowest BCUT2D eigenvalue weighted by Crippen LogP contribution is -2.29. The fourth-order valence-electron chi connectivity index (χ4n) is 7.18. The molecule has 2 aromatic heterocycles. The molecular formula is C53H40BF3N6O5S. The molecule has 0 spiro atoms. The highest BCUT2D eigenvalue weighted by Gasteiger charge is 2.49. The standard InChI is InChI=1S/C26H19N3.C21H13F3N2O3S.C6H8BNO2/c27-23-13-7-12-20(15-23)24-16-21(18-8-3-1-4-9-18)14-22-17-28-26(29-25(22)24)19-10-5-2-6-11-19;22-21(23,24)30(27,28)29-18-12-16(14-7-3-1-4-8-14)11-17-13-25-20(26-19(17)18)15-9-5-2-6-10-15;8-6-3-1-2-5(4-6)7(9)10/h1-17H,27H2;1-13H;1-4,9-10H,8H2. The van der Waals surface area contributed by atoms with Gasteiger partial charge in [-0.2, -0.15) is 21.6 Å². The summed E-state index contributed by atoms with van der Waals surface area (Å²) in [4.78, 5) is 18.1. The highest BCUT2D eigenvalue weighted by Crippen LogP contribution is 2.37. The van der Waals surface area contributed by atoms with E-state index in [2.05, 4.69) is 61.6 Å². The molecule has 0 aliphatic carbocycles. The van der Waals surface area contributed by atoms with Gasteiger partial charge < -0.3 is 25.7 Å². The van der Waals surface area contributed by atoms with Gasteiger partial charge in [0.15, 0.2) is 17.4 Å². The van der Waals surface area contributed by atoms with Gasteiger partial charge in [0.2, 0.25) is 0 Å². The normalized spacial score (nSPS) is 11.2. The number of aromatic nitrogens is 4. The van der Waals surface area contributed by atoms with Crippen molar-refractivity contribution in [2.24, 2.45) is 0 Å². The Morgan fingerprint density at radius 2 is 0.913 bits per heavy atom. The van der Waals surface area contributed by atoms with Gasteiger partial charge >= 0.3 is 22.7 Å². The van der Waals surface area contributed by atoms with E-state index in [9.17, 15) is 21.6 Å². The minimum Gasteiger partial charge on any atom is -0.423 e. The molecule has 342 valence electrons. The molecule has 0 bridgehead atoms. The van der Waals surface area contributed by atoms with E-state index in [0.717, 1.165) is 50.2 Å². The van der Waals surface area contributed by atoms with Crippen LogP contribution in [-0.2, 0) is 10.1 Å². The summed E-state index contributed by atoms with van der Waals surface area (Å²) in [5.74, 6) is 0.420. The Bertz CT molecular complexity index is 3490. The third-order valence-corrected chi connectivity index (χ3v) is 11.5. The quantitative estimate of drug-likeness (QED) is 0.0491. The number of alkyl halides is 3. The van der Waals surface area contributed by atoms with Crippen molar-refractivity contribution < 1.29 is 35.8 Å². The van der Waals surface area contributed by atoms with Gasteiger partial charge in [0, 0.05) is 51.2 Å². The van der Waals surface area contributed by atoms with Crippen LogP contribution in [0.15, 0.2) is 207 Å². The fourth-order valence-corrected chi connectivity index (χ4v) is 7.64. The molecule has 0 amide bonds. The van der Waals surface area contributed by atoms with E-state index < -0.39 is 28.5 Å². The van der Waals surface area contributed by atoms with Gasteiger partial charge in [0.1, 0.15) is 5.52 Å². The van der Waals surface area contributed by atoms with Gasteiger partial charge in [-0.3, -0.25) is 0 Å². The smallest absolute Gasteiger partial charge is 0.423 e. The minimum atomic E-state index is -5.88. The largest absolute Gasteiger partial charge is 0.534 e. The molecule has 0 fully saturated rings. The molecule has 10 rings (SSSR count). The average Bonchev–Trinajstić information content (AvgIpc) is 3.36. The van der Waals surface area contributed by atoms with Crippen molar-refractivity contribution in [3.8, 4) is 61.9 Å². The highest BCUT2D eigenvalue weighted by molar-refractivity contribution is 7.88. The summed E-state index contributed by atoms with van der Waals surface area (Å²) in [6.45, 7) is 0. The second-order valence-electron chi connectivity index (χ2n) is 15.4. The lowest BCUT2D eigenvalue weighted by molar-refractivity contribution is -0.0499. The summed E-state index contributed by atoms with van der Waals surface area (Å²) in [5.41, 5.74) is 15.6. The molecule has 10 aromatic rings. The van der Waals surface area contributed by atoms with Gasteiger partial charge in [-0.25, -0.2) is 19.9 Å². The number of nitrogens with zero attached hydrogens (tertiary/aromatic N) is 4. The van der Waals surface area contributed by atoms with Crippen LogP contribution in [0.4, 0.5) is 24.5 Å². The van der Waals surface area contributed by atoms with Gasteiger partial charge in [-0.05, 0) is 81.8 Å². The molecule has 2 heterocycles. The summed E-state index contributed by atoms with van der Waals surface area (Å²) in [6, 6.07) is 59.6. The molecule has 6 N–H and O–H groups in total. The fraction of sp³-hybridized carbons (Fsp3) is 0.0189. The maximum atomic E-state index is 12.9. The Balaban J connectivity index is 0.000000155. The van der Waals surface area contributed by atoms with Crippen LogP contribution in [0.1, 0.15) is 0 Å². The van der Waals surface area contributed by atoms with E-state index >= 15 is 0 Å². The molecule has 16 heteroatoms. The first-order valence-corrected chi connectivity index (χ1v) is 22.5. The van der Waals surface area contributed by atoms with Crippen LogP contribution >= 0.6 is 0 Å². The average molecular weight is 941 g/mol. The van der Waals surface area contributed by atoms with Crippen LogP contribution in [0.25, 0.3) is 78.0 Å². The number of fused-ring (bicyclic) bond motifs is 2. The number of nitrogen functional groups attached to an aromatic ring is 2. The Morgan fingerprint density at radius 3 is 1.38 bits per heavy atom. The lowest BCUT2D eigenvalue weighted by atomic mass is 9.80. The predicted molar refractivity (Wildman–Crippen MR) is 267 cm³/mol. The molecule has 0 radical (unpaired) electrons. The van der Waals surface area contributed by atoms with Crippen LogP contribution in [0.5, 0.6) is 5.75 Å². The molecule has 0 saturated heterocycles. The molecule has 8 aromatic carbocycles. The molecule has 0 saturated carbocycles. The number of hydrogen-bond acceptors (Lipinski definition) is 11. The van der Waals surface area contributed by atoms with Crippen molar-refractivity contribution in [1.29, 1.82) is 0 Å². The summed E-state index contributed by atoms with van der Waals surface area (Å²) in [7, 11) is -7.31. The van der Waals surface area contributed by atoms with Crippen LogP contribution < -0.4 is 21.1 Å². The van der Waals surface area contributed by atoms with Gasteiger partial charge in [-0.15, -0.1) is 0 Å².